The van der Waals surface area contributed by atoms with E-state index in [-0.39, 0.29) is 17.1 Å². The van der Waals surface area contributed by atoms with Crippen molar-refractivity contribution in [2.75, 3.05) is 7.11 Å². The van der Waals surface area contributed by atoms with Crippen LogP contribution in [-0.4, -0.2) is 29.5 Å². The van der Waals surface area contributed by atoms with Crippen molar-refractivity contribution in [2.45, 2.75) is 19.7 Å². The van der Waals surface area contributed by atoms with E-state index in [4.69, 9.17) is 9.84 Å². The molecule has 1 aromatic heterocycles. The predicted molar refractivity (Wildman–Crippen MR) is 53.5 cm³/mol. The third-order valence-corrected chi connectivity index (χ3v) is 2.03. The number of rotatable bonds is 4. The Kier molecular flexibility index (Phi) is 4.00. The van der Waals surface area contributed by atoms with Gasteiger partial charge in [-0.3, -0.25) is 4.79 Å². The van der Waals surface area contributed by atoms with Gasteiger partial charge in [0.2, 0.25) is 5.88 Å². The number of carboxylic acid groups (broad SMARTS) is 1. The molecule has 0 aliphatic carbocycles. The molecule has 0 amide bonds. The largest absolute Gasteiger partial charge is 0.573 e. The number of hydrogen-bond acceptors (Lipinski definition) is 4. The lowest BCUT2D eigenvalue weighted by Gasteiger charge is -2.15. The molecule has 1 N–H and O–H groups in total. The summed E-state index contributed by atoms with van der Waals surface area (Å²) in [4.78, 5) is 14.4. The summed E-state index contributed by atoms with van der Waals surface area (Å²) < 4.78 is 45.1. The number of halogens is 3. The normalized spacial score (nSPS) is 11.2. The minimum Gasteiger partial charge on any atom is -0.481 e. The number of aryl methyl sites for hydroxylation is 1. The van der Waals surface area contributed by atoms with Crippen molar-refractivity contribution >= 4 is 5.97 Å². The van der Waals surface area contributed by atoms with Gasteiger partial charge in [-0.05, 0) is 6.92 Å². The molecule has 0 unspecified atom stereocenters. The first-order valence-corrected chi connectivity index (χ1v) is 4.75. The highest BCUT2D eigenvalue weighted by Gasteiger charge is 2.33. The Morgan fingerprint density at radius 3 is 2.56 bits per heavy atom. The SMILES string of the molecule is COc1cc(OC(F)(F)F)c(CC(=O)O)c(C)n1. The standard InChI is InChI=1S/C10H10F3NO4/c1-5-6(3-9(15)16)7(18-10(11,12)13)4-8(14-5)17-2/h4H,3H2,1-2H3,(H,15,16). The Morgan fingerprint density at radius 2 is 2.11 bits per heavy atom. The van der Waals surface area contributed by atoms with Crippen LogP contribution < -0.4 is 9.47 Å². The summed E-state index contributed by atoms with van der Waals surface area (Å²) >= 11 is 0. The Hall–Kier alpha value is -1.99. The molecule has 0 saturated heterocycles. The third-order valence-electron chi connectivity index (χ3n) is 2.03. The summed E-state index contributed by atoms with van der Waals surface area (Å²) in [5.41, 5.74) is -0.0309. The highest BCUT2D eigenvalue weighted by Crippen LogP contribution is 2.31. The molecule has 8 heteroatoms. The molecule has 5 nitrogen and oxygen atoms in total. The summed E-state index contributed by atoms with van der Waals surface area (Å²) in [6.45, 7) is 1.38. The zero-order valence-electron chi connectivity index (χ0n) is 9.54. The Balaban J connectivity index is 3.24. The van der Waals surface area contributed by atoms with E-state index in [0.717, 1.165) is 6.07 Å². The van der Waals surface area contributed by atoms with Crippen LogP contribution in [0.3, 0.4) is 0 Å². The topological polar surface area (TPSA) is 68.7 Å². The lowest BCUT2D eigenvalue weighted by Crippen LogP contribution is -2.19. The molecule has 0 aliphatic heterocycles. The van der Waals surface area contributed by atoms with E-state index < -0.39 is 24.5 Å². The van der Waals surface area contributed by atoms with Gasteiger partial charge in [-0.15, -0.1) is 13.2 Å². The van der Waals surface area contributed by atoms with Gasteiger partial charge in [-0.2, -0.15) is 0 Å². The molecule has 0 aromatic carbocycles. The lowest BCUT2D eigenvalue weighted by molar-refractivity contribution is -0.275. The first-order valence-electron chi connectivity index (χ1n) is 4.75. The highest BCUT2D eigenvalue weighted by molar-refractivity contribution is 5.72. The number of carboxylic acids is 1. The Bertz CT molecular complexity index is 459. The zero-order chi connectivity index (χ0) is 13.9. The van der Waals surface area contributed by atoms with E-state index in [1.807, 2.05) is 0 Å². The van der Waals surface area contributed by atoms with Gasteiger partial charge in [0.1, 0.15) is 5.75 Å². The first kappa shape index (κ1) is 14.1. The fourth-order valence-electron chi connectivity index (χ4n) is 1.33. The number of hydrogen-bond donors (Lipinski definition) is 1. The molecule has 0 atom stereocenters. The summed E-state index contributed by atoms with van der Waals surface area (Å²) in [7, 11) is 1.23. The molecule has 1 rings (SSSR count). The van der Waals surface area contributed by atoms with Gasteiger partial charge < -0.3 is 14.6 Å². The van der Waals surface area contributed by atoms with E-state index in [1.54, 1.807) is 0 Å². The summed E-state index contributed by atoms with van der Waals surface area (Å²) in [5, 5.41) is 8.64. The van der Waals surface area contributed by atoms with E-state index in [9.17, 15) is 18.0 Å². The third kappa shape index (κ3) is 3.79. The molecule has 1 aromatic rings. The van der Waals surface area contributed by atoms with Crippen LogP contribution in [0, 0.1) is 6.92 Å². The molecular formula is C10H10F3NO4. The van der Waals surface area contributed by atoms with E-state index >= 15 is 0 Å². The minimum atomic E-state index is -4.91. The molecule has 0 saturated carbocycles. The minimum absolute atomic E-state index is 0.0825. The fraction of sp³-hybridized carbons (Fsp3) is 0.400. The molecule has 0 fully saturated rings. The number of carbonyl (C=O) groups is 1. The van der Waals surface area contributed by atoms with Crippen molar-refractivity contribution in [3.8, 4) is 11.6 Å². The van der Waals surface area contributed by atoms with Gasteiger partial charge >= 0.3 is 12.3 Å². The number of alkyl halides is 3. The first-order chi connectivity index (χ1) is 8.23. The maximum Gasteiger partial charge on any atom is 0.573 e. The van der Waals surface area contributed by atoms with Crippen LogP contribution in [0.1, 0.15) is 11.3 Å². The van der Waals surface area contributed by atoms with Crippen LogP contribution in [0.4, 0.5) is 13.2 Å². The van der Waals surface area contributed by atoms with Gasteiger partial charge in [-0.25, -0.2) is 4.98 Å². The summed E-state index contributed by atoms with van der Waals surface area (Å²) in [5.74, 6) is -1.98. The fourth-order valence-corrected chi connectivity index (χ4v) is 1.33. The highest BCUT2D eigenvalue weighted by atomic mass is 19.4. The van der Waals surface area contributed by atoms with Crippen molar-refractivity contribution in [3.63, 3.8) is 0 Å². The molecule has 100 valence electrons. The van der Waals surface area contributed by atoms with Crippen molar-refractivity contribution in [2.24, 2.45) is 0 Å². The van der Waals surface area contributed by atoms with Crippen LogP contribution >= 0.6 is 0 Å². The van der Waals surface area contributed by atoms with Crippen molar-refractivity contribution in [1.82, 2.24) is 4.98 Å². The Morgan fingerprint density at radius 1 is 1.50 bits per heavy atom. The van der Waals surface area contributed by atoms with Crippen molar-refractivity contribution in [3.05, 3.63) is 17.3 Å². The number of aliphatic carboxylic acids is 1. The molecule has 1 heterocycles. The summed E-state index contributed by atoms with van der Waals surface area (Å²) in [6, 6.07) is 0.902. The van der Waals surface area contributed by atoms with Gasteiger partial charge in [-0.1, -0.05) is 0 Å². The average Bonchev–Trinajstić information content (AvgIpc) is 2.20. The number of methoxy groups -OCH3 is 1. The van der Waals surface area contributed by atoms with Crippen LogP contribution in [0.25, 0.3) is 0 Å². The summed E-state index contributed by atoms with van der Waals surface area (Å²) in [6.07, 6.45) is -5.53. The van der Waals surface area contributed by atoms with Crippen LogP contribution in [0.15, 0.2) is 6.07 Å². The smallest absolute Gasteiger partial charge is 0.481 e. The van der Waals surface area contributed by atoms with Gasteiger partial charge in [0.25, 0.3) is 0 Å². The van der Waals surface area contributed by atoms with Crippen molar-refractivity contribution < 1.29 is 32.5 Å². The van der Waals surface area contributed by atoms with E-state index in [2.05, 4.69) is 9.72 Å². The molecule has 0 aliphatic rings. The maximum absolute atomic E-state index is 12.2. The van der Waals surface area contributed by atoms with E-state index in [0.29, 0.717) is 0 Å². The number of aromatic nitrogens is 1. The monoisotopic (exact) mass is 265 g/mol. The second kappa shape index (κ2) is 5.11. The average molecular weight is 265 g/mol. The molecule has 0 radical (unpaired) electrons. The number of nitrogens with zero attached hydrogens (tertiary/aromatic N) is 1. The van der Waals surface area contributed by atoms with Crippen LogP contribution in [-0.2, 0) is 11.2 Å². The molecule has 0 bridgehead atoms. The Labute approximate surface area is 100 Å². The van der Waals surface area contributed by atoms with Gasteiger partial charge in [0, 0.05) is 17.3 Å². The zero-order valence-corrected chi connectivity index (χ0v) is 9.54. The quantitative estimate of drug-likeness (QED) is 0.900. The van der Waals surface area contributed by atoms with Crippen LogP contribution in [0.2, 0.25) is 0 Å². The number of pyridine rings is 1. The molecule has 18 heavy (non-hydrogen) atoms. The van der Waals surface area contributed by atoms with Gasteiger partial charge in [0.15, 0.2) is 0 Å². The second-order valence-electron chi connectivity index (χ2n) is 3.35. The van der Waals surface area contributed by atoms with Gasteiger partial charge in [0.05, 0.1) is 13.5 Å². The van der Waals surface area contributed by atoms with Crippen LogP contribution in [0.5, 0.6) is 11.6 Å². The maximum atomic E-state index is 12.2. The number of ether oxygens (including phenoxy) is 2. The molecule has 0 spiro atoms. The van der Waals surface area contributed by atoms with E-state index in [1.165, 1.54) is 14.0 Å². The van der Waals surface area contributed by atoms with Crippen molar-refractivity contribution in [1.29, 1.82) is 0 Å². The lowest BCUT2D eigenvalue weighted by atomic mass is 10.1. The second-order valence-corrected chi connectivity index (χ2v) is 3.35. The molecular weight excluding hydrogens is 255 g/mol. The predicted octanol–water partition coefficient (Wildman–Crippen LogP) is 1.92.